The third-order valence-corrected chi connectivity index (χ3v) is 3.43. The molecular weight excluding hydrogens is 242 g/mol. The number of urea groups is 1. The van der Waals surface area contributed by atoms with E-state index in [0.29, 0.717) is 32.8 Å². The van der Waals surface area contributed by atoms with Gasteiger partial charge in [0.2, 0.25) is 0 Å². The Balaban J connectivity index is 0.00000144. The Kier molecular flexibility index (Phi) is 6.02. The van der Waals surface area contributed by atoms with Gasteiger partial charge in [0.25, 0.3) is 0 Å². The predicted octanol–water partition coefficient (Wildman–Crippen LogP) is 0.674. The van der Waals surface area contributed by atoms with E-state index in [1.807, 2.05) is 9.80 Å². The molecule has 100 valence electrons. The summed E-state index contributed by atoms with van der Waals surface area (Å²) in [5, 5.41) is 0. The highest BCUT2D eigenvalue weighted by Crippen LogP contribution is 2.18. The van der Waals surface area contributed by atoms with E-state index in [0.717, 1.165) is 19.4 Å². The van der Waals surface area contributed by atoms with Crippen molar-refractivity contribution in [3.63, 3.8) is 0 Å². The largest absolute Gasteiger partial charge is 0.378 e. The lowest BCUT2D eigenvalue weighted by atomic mass is 10.0. The molecule has 2 rings (SSSR count). The van der Waals surface area contributed by atoms with E-state index in [-0.39, 0.29) is 24.5 Å². The molecule has 0 spiro atoms. The third-order valence-electron chi connectivity index (χ3n) is 3.43. The molecule has 17 heavy (non-hydrogen) atoms. The predicted molar refractivity (Wildman–Crippen MR) is 68.4 cm³/mol. The van der Waals surface area contributed by atoms with E-state index in [2.05, 4.69) is 0 Å². The molecule has 2 aliphatic heterocycles. The van der Waals surface area contributed by atoms with Crippen molar-refractivity contribution in [2.75, 3.05) is 39.4 Å². The van der Waals surface area contributed by atoms with E-state index in [4.69, 9.17) is 10.5 Å². The standard InChI is InChI=1S/C11H21N3O2.ClH/c12-9-10-3-1-2-4-14(10)11(15)13-5-7-16-8-6-13;/h10H,1-9,12H2;1H. The van der Waals surface area contributed by atoms with Crippen LogP contribution in [0.2, 0.25) is 0 Å². The Labute approximate surface area is 109 Å². The molecule has 0 bridgehead atoms. The number of rotatable bonds is 1. The summed E-state index contributed by atoms with van der Waals surface area (Å²) in [6.07, 6.45) is 3.34. The van der Waals surface area contributed by atoms with Crippen LogP contribution < -0.4 is 5.73 Å². The van der Waals surface area contributed by atoms with Crippen LogP contribution in [-0.2, 0) is 4.74 Å². The van der Waals surface area contributed by atoms with Gasteiger partial charge in [-0.3, -0.25) is 0 Å². The highest BCUT2D eigenvalue weighted by atomic mass is 35.5. The molecule has 2 heterocycles. The van der Waals surface area contributed by atoms with Crippen molar-refractivity contribution in [2.45, 2.75) is 25.3 Å². The number of carbonyl (C=O) groups excluding carboxylic acids is 1. The van der Waals surface area contributed by atoms with Gasteiger partial charge in [-0.2, -0.15) is 0 Å². The number of likely N-dealkylation sites (tertiary alicyclic amines) is 1. The van der Waals surface area contributed by atoms with Crippen LogP contribution in [0.1, 0.15) is 19.3 Å². The lowest BCUT2D eigenvalue weighted by Crippen LogP contribution is -2.54. The Morgan fingerprint density at radius 3 is 2.59 bits per heavy atom. The minimum atomic E-state index is 0. The van der Waals surface area contributed by atoms with Crippen LogP contribution in [0.15, 0.2) is 0 Å². The number of amides is 2. The summed E-state index contributed by atoms with van der Waals surface area (Å²) in [7, 11) is 0. The highest BCUT2D eigenvalue weighted by Gasteiger charge is 2.29. The second-order valence-electron chi connectivity index (χ2n) is 4.46. The van der Waals surface area contributed by atoms with E-state index in [1.54, 1.807) is 0 Å². The summed E-state index contributed by atoms with van der Waals surface area (Å²) < 4.78 is 5.25. The van der Waals surface area contributed by atoms with Crippen LogP contribution in [-0.4, -0.2) is 61.3 Å². The fourth-order valence-corrected chi connectivity index (χ4v) is 2.43. The van der Waals surface area contributed by atoms with E-state index < -0.39 is 0 Å². The van der Waals surface area contributed by atoms with Crippen molar-refractivity contribution in [1.29, 1.82) is 0 Å². The van der Waals surface area contributed by atoms with Crippen molar-refractivity contribution < 1.29 is 9.53 Å². The number of nitrogens with two attached hydrogens (primary N) is 1. The van der Waals surface area contributed by atoms with Gasteiger partial charge in [-0.05, 0) is 19.3 Å². The van der Waals surface area contributed by atoms with Gasteiger partial charge in [0.15, 0.2) is 0 Å². The molecule has 0 saturated carbocycles. The van der Waals surface area contributed by atoms with Gasteiger partial charge in [-0.15, -0.1) is 12.4 Å². The SMILES string of the molecule is Cl.NCC1CCCCN1C(=O)N1CCOCC1. The second-order valence-corrected chi connectivity index (χ2v) is 4.46. The van der Waals surface area contributed by atoms with Crippen molar-refractivity contribution in [1.82, 2.24) is 9.80 Å². The van der Waals surface area contributed by atoms with Gasteiger partial charge in [0.05, 0.1) is 13.2 Å². The number of nitrogens with zero attached hydrogens (tertiary/aromatic N) is 2. The van der Waals surface area contributed by atoms with Crippen molar-refractivity contribution in [3.05, 3.63) is 0 Å². The first-order valence-corrected chi connectivity index (χ1v) is 6.16. The molecule has 2 fully saturated rings. The van der Waals surface area contributed by atoms with Crippen LogP contribution in [0, 0.1) is 0 Å². The van der Waals surface area contributed by atoms with Crippen molar-refractivity contribution >= 4 is 18.4 Å². The number of hydrogen-bond acceptors (Lipinski definition) is 3. The van der Waals surface area contributed by atoms with Crippen molar-refractivity contribution in [3.8, 4) is 0 Å². The smallest absolute Gasteiger partial charge is 0.320 e. The topological polar surface area (TPSA) is 58.8 Å². The van der Waals surface area contributed by atoms with Gasteiger partial charge >= 0.3 is 6.03 Å². The number of carbonyl (C=O) groups is 1. The number of hydrogen-bond donors (Lipinski definition) is 1. The summed E-state index contributed by atoms with van der Waals surface area (Å²) in [6.45, 7) is 4.19. The number of morpholine rings is 1. The maximum absolute atomic E-state index is 12.3. The quantitative estimate of drug-likeness (QED) is 0.757. The molecular formula is C11H22ClN3O2. The lowest BCUT2D eigenvalue weighted by molar-refractivity contribution is 0.0362. The molecule has 0 aliphatic carbocycles. The molecule has 2 aliphatic rings. The molecule has 0 radical (unpaired) electrons. The molecule has 0 aromatic heterocycles. The number of piperidine rings is 1. The molecule has 2 amide bonds. The minimum Gasteiger partial charge on any atom is -0.378 e. The number of halogens is 1. The van der Waals surface area contributed by atoms with Crippen molar-refractivity contribution in [2.24, 2.45) is 5.73 Å². The average Bonchev–Trinajstić information content (AvgIpc) is 2.39. The maximum atomic E-state index is 12.3. The van der Waals surface area contributed by atoms with Gasteiger partial charge < -0.3 is 20.3 Å². The van der Waals surface area contributed by atoms with Gasteiger partial charge in [0, 0.05) is 32.2 Å². The first-order chi connectivity index (χ1) is 7.83. The summed E-state index contributed by atoms with van der Waals surface area (Å²) in [5.41, 5.74) is 5.72. The first kappa shape index (κ1) is 14.5. The molecule has 5 nitrogen and oxygen atoms in total. The third kappa shape index (κ3) is 3.47. The highest BCUT2D eigenvalue weighted by molar-refractivity contribution is 5.85. The van der Waals surface area contributed by atoms with Crippen LogP contribution in [0.25, 0.3) is 0 Å². The van der Waals surface area contributed by atoms with Gasteiger partial charge in [0.1, 0.15) is 0 Å². The summed E-state index contributed by atoms with van der Waals surface area (Å²) in [5.74, 6) is 0. The van der Waals surface area contributed by atoms with Gasteiger partial charge in [-0.1, -0.05) is 0 Å². The summed E-state index contributed by atoms with van der Waals surface area (Å²) in [6, 6.07) is 0.391. The normalized spacial score (nSPS) is 25.4. The molecule has 0 aromatic rings. The summed E-state index contributed by atoms with van der Waals surface area (Å²) >= 11 is 0. The zero-order chi connectivity index (χ0) is 11.4. The molecule has 0 aromatic carbocycles. The second kappa shape index (κ2) is 7.03. The van der Waals surface area contributed by atoms with Gasteiger partial charge in [-0.25, -0.2) is 4.79 Å². The Morgan fingerprint density at radius 1 is 1.24 bits per heavy atom. The Hall–Kier alpha value is -0.520. The Bertz CT molecular complexity index is 247. The van der Waals surface area contributed by atoms with Crippen LogP contribution in [0.3, 0.4) is 0 Å². The first-order valence-electron chi connectivity index (χ1n) is 6.16. The lowest BCUT2D eigenvalue weighted by Gasteiger charge is -2.39. The fraction of sp³-hybridized carbons (Fsp3) is 0.909. The maximum Gasteiger partial charge on any atom is 0.320 e. The zero-order valence-corrected chi connectivity index (χ0v) is 11.0. The number of ether oxygens (including phenoxy) is 1. The van der Waals surface area contributed by atoms with E-state index in [9.17, 15) is 4.79 Å². The molecule has 2 saturated heterocycles. The Morgan fingerprint density at radius 2 is 1.94 bits per heavy atom. The van der Waals surface area contributed by atoms with Crippen LogP contribution in [0.4, 0.5) is 4.79 Å². The molecule has 6 heteroatoms. The summed E-state index contributed by atoms with van der Waals surface area (Å²) in [4.78, 5) is 16.1. The zero-order valence-electron chi connectivity index (χ0n) is 10.1. The average molecular weight is 264 g/mol. The van der Waals surface area contributed by atoms with Crippen LogP contribution in [0.5, 0.6) is 0 Å². The monoisotopic (exact) mass is 263 g/mol. The minimum absolute atomic E-state index is 0. The molecule has 1 unspecified atom stereocenters. The van der Waals surface area contributed by atoms with Crippen LogP contribution >= 0.6 is 12.4 Å². The fourth-order valence-electron chi connectivity index (χ4n) is 2.43. The van der Waals surface area contributed by atoms with E-state index in [1.165, 1.54) is 6.42 Å². The van der Waals surface area contributed by atoms with E-state index >= 15 is 0 Å². The molecule has 2 N–H and O–H groups in total. The molecule has 1 atom stereocenters.